The molecule has 0 saturated carbocycles. The molecule has 0 saturated heterocycles. The lowest BCUT2D eigenvalue weighted by molar-refractivity contribution is -0.0979. The van der Waals surface area contributed by atoms with Crippen molar-refractivity contribution in [3.8, 4) is 11.5 Å². The van der Waals surface area contributed by atoms with Gasteiger partial charge in [-0.15, -0.1) is 0 Å². The Kier molecular flexibility index (Phi) is 16.2. The number of aromatic nitrogens is 1. The van der Waals surface area contributed by atoms with Gasteiger partial charge in [-0.25, -0.2) is 9.98 Å². The number of benzene rings is 1. The van der Waals surface area contributed by atoms with Crippen molar-refractivity contribution in [3.63, 3.8) is 0 Å². The maximum atomic E-state index is 9.27. The SMILES string of the molecule is C/C=C(/CC)N/C(C)=N/c1ncc(Br)cc1Oc1ccccc1.C=O.CNCCN=O. The summed E-state index contributed by atoms with van der Waals surface area (Å²) in [4.78, 5) is 26.2. The number of halogens is 1. The van der Waals surface area contributed by atoms with Gasteiger partial charge in [-0.05, 0) is 55.4 Å². The zero-order valence-corrected chi connectivity index (χ0v) is 20.0. The van der Waals surface area contributed by atoms with Gasteiger partial charge >= 0.3 is 0 Å². The number of hydrogen-bond donors (Lipinski definition) is 2. The van der Waals surface area contributed by atoms with Crippen LogP contribution in [0.3, 0.4) is 0 Å². The summed E-state index contributed by atoms with van der Waals surface area (Å²) in [5, 5.41) is 8.66. The van der Waals surface area contributed by atoms with E-state index in [-0.39, 0.29) is 0 Å². The molecule has 2 N–H and O–H groups in total. The third-order valence-corrected chi connectivity index (χ3v) is 4.00. The maximum Gasteiger partial charge on any atom is 0.197 e. The van der Waals surface area contributed by atoms with Crippen LogP contribution in [0.5, 0.6) is 11.5 Å². The molecule has 0 aliphatic heterocycles. The number of amidine groups is 1. The molecule has 1 aromatic carbocycles. The smallest absolute Gasteiger partial charge is 0.197 e. The molecule has 0 aliphatic carbocycles. The summed E-state index contributed by atoms with van der Waals surface area (Å²) in [5.74, 6) is 2.66. The van der Waals surface area contributed by atoms with Crippen molar-refractivity contribution in [1.82, 2.24) is 15.6 Å². The highest BCUT2D eigenvalue weighted by atomic mass is 79.9. The molecular formula is C22H30BrN5O3. The van der Waals surface area contributed by atoms with E-state index in [1.807, 2.05) is 63.1 Å². The average Bonchev–Trinajstić information content (AvgIpc) is 2.80. The van der Waals surface area contributed by atoms with Crippen LogP contribution < -0.4 is 15.4 Å². The Morgan fingerprint density at radius 3 is 2.48 bits per heavy atom. The monoisotopic (exact) mass is 491 g/mol. The molecule has 0 radical (unpaired) electrons. The van der Waals surface area contributed by atoms with E-state index in [0.29, 0.717) is 24.7 Å². The van der Waals surface area contributed by atoms with Crippen LogP contribution in [0.25, 0.3) is 0 Å². The Morgan fingerprint density at radius 1 is 1.29 bits per heavy atom. The van der Waals surface area contributed by atoms with Gasteiger partial charge in [0.1, 0.15) is 18.4 Å². The lowest BCUT2D eigenvalue weighted by atomic mass is 10.3. The van der Waals surface area contributed by atoms with Crippen LogP contribution in [0.1, 0.15) is 27.2 Å². The van der Waals surface area contributed by atoms with E-state index in [4.69, 9.17) is 9.53 Å². The van der Waals surface area contributed by atoms with E-state index in [0.717, 1.165) is 28.2 Å². The van der Waals surface area contributed by atoms with Gasteiger partial charge in [0.2, 0.25) is 0 Å². The number of carbonyl (C=O) groups excluding carboxylic acids is 1. The first-order valence-electron chi connectivity index (χ1n) is 9.62. The van der Waals surface area contributed by atoms with Gasteiger partial charge in [-0.3, -0.25) is 0 Å². The zero-order valence-electron chi connectivity index (χ0n) is 18.4. The second-order valence-electron chi connectivity index (χ2n) is 5.84. The van der Waals surface area contributed by atoms with Gasteiger partial charge in [0, 0.05) is 29.0 Å². The van der Waals surface area contributed by atoms with Gasteiger partial charge in [0.15, 0.2) is 11.6 Å². The Balaban J connectivity index is 0.000000970. The first-order valence-corrected chi connectivity index (χ1v) is 10.4. The number of hydrogen-bond acceptors (Lipinski definition) is 7. The molecule has 0 amide bonds. The quantitative estimate of drug-likeness (QED) is 0.222. The predicted octanol–water partition coefficient (Wildman–Crippen LogP) is 5.38. The molecule has 8 nitrogen and oxygen atoms in total. The van der Waals surface area contributed by atoms with Gasteiger partial charge in [-0.1, -0.05) is 36.4 Å². The normalized spacial score (nSPS) is 10.7. The number of carbonyl (C=O) groups is 1. The number of rotatable bonds is 8. The molecule has 0 atom stereocenters. The first-order chi connectivity index (χ1) is 15.0. The lowest BCUT2D eigenvalue weighted by Gasteiger charge is -2.11. The van der Waals surface area contributed by atoms with Crippen LogP contribution in [0.4, 0.5) is 5.82 Å². The number of allylic oxidation sites excluding steroid dienone is 2. The number of nitrogens with one attached hydrogen (secondary N) is 2. The summed E-state index contributed by atoms with van der Waals surface area (Å²) in [6, 6.07) is 11.5. The first kappa shape index (κ1) is 28.1. The molecule has 2 aromatic rings. The molecule has 9 heteroatoms. The lowest BCUT2D eigenvalue weighted by Crippen LogP contribution is -2.18. The van der Waals surface area contributed by atoms with Crippen molar-refractivity contribution >= 4 is 34.4 Å². The van der Waals surface area contributed by atoms with Crippen molar-refractivity contribution in [2.24, 2.45) is 10.2 Å². The Hall–Kier alpha value is -2.91. The van der Waals surface area contributed by atoms with Crippen LogP contribution in [0.15, 0.2) is 69.0 Å². The van der Waals surface area contributed by atoms with Crippen molar-refractivity contribution in [3.05, 3.63) is 63.7 Å². The van der Waals surface area contributed by atoms with Crippen molar-refractivity contribution < 1.29 is 9.53 Å². The number of aliphatic imine (C=N–C) groups is 1. The van der Waals surface area contributed by atoms with Crippen LogP contribution in [0, 0.1) is 4.91 Å². The third-order valence-electron chi connectivity index (χ3n) is 3.57. The highest BCUT2D eigenvalue weighted by Crippen LogP contribution is 2.32. The van der Waals surface area contributed by atoms with E-state index in [2.05, 4.69) is 48.6 Å². The summed E-state index contributed by atoms with van der Waals surface area (Å²) in [6.07, 6.45) is 4.67. The van der Waals surface area contributed by atoms with Crippen molar-refractivity contribution in [2.75, 3.05) is 20.1 Å². The summed E-state index contributed by atoms with van der Waals surface area (Å²) < 4.78 is 6.75. The minimum Gasteiger partial charge on any atom is -0.453 e. The van der Waals surface area contributed by atoms with E-state index in [1.54, 1.807) is 13.2 Å². The van der Waals surface area contributed by atoms with Crippen LogP contribution >= 0.6 is 15.9 Å². The largest absolute Gasteiger partial charge is 0.453 e. The molecule has 1 heterocycles. The number of para-hydroxylation sites is 1. The van der Waals surface area contributed by atoms with Crippen molar-refractivity contribution in [2.45, 2.75) is 27.2 Å². The number of nitrogens with zero attached hydrogens (tertiary/aromatic N) is 3. The van der Waals surface area contributed by atoms with E-state index in [9.17, 15) is 4.91 Å². The minimum atomic E-state index is 0.372. The van der Waals surface area contributed by atoms with Crippen LogP contribution in [-0.4, -0.2) is 37.7 Å². The number of pyridine rings is 1. The molecule has 0 spiro atoms. The zero-order chi connectivity index (χ0) is 23.5. The predicted molar refractivity (Wildman–Crippen MR) is 130 cm³/mol. The van der Waals surface area contributed by atoms with E-state index >= 15 is 0 Å². The highest BCUT2D eigenvalue weighted by Gasteiger charge is 2.08. The number of likely N-dealkylation sites (N-methyl/N-ethyl adjacent to an activating group) is 1. The number of ether oxygens (including phenoxy) is 1. The summed E-state index contributed by atoms with van der Waals surface area (Å²) in [6.45, 7) is 9.06. The average molecular weight is 492 g/mol. The summed E-state index contributed by atoms with van der Waals surface area (Å²) in [7, 11) is 1.78. The molecule has 31 heavy (non-hydrogen) atoms. The third kappa shape index (κ3) is 12.4. The minimum absolute atomic E-state index is 0.372. The second-order valence-corrected chi connectivity index (χ2v) is 6.75. The maximum absolute atomic E-state index is 9.27. The Morgan fingerprint density at radius 2 is 1.97 bits per heavy atom. The Labute approximate surface area is 192 Å². The van der Waals surface area contributed by atoms with Gasteiger partial charge < -0.3 is 20.2 Å². The molecule has 0 fully saturated rings. The standard InChI is InChI=1S/C18H20BrN3O.C3H8N2O.CH2O/c1-4-15(5-2)21-13(3)22-18-17(11-14(19)12-20-18)23-16-9-7-6-8-10-16;1-4-2-3-5-6;1-2/h4,6-12H,5H2,1-3H3,(H,20,21,22);4H,2-3H2,1H3;1H2/b15-4-;;. The van der Waals surface area contributed by atoms with E-state index < -0.39 is 0 Å². The Bertz CT molecular complexity index is 829. The van der Waals surface area contributed by atoms with Gasteiger partial charge in [0.25, 0.3) is 0 Å². The fourth-order valence-electron chi connectivity index (χ4n) is 2.13. The molecular weight excluding hydrogens is 462 g/mol. The van der Waals surface area contributed by atoms with Gasteiger partial charge in [0.05, 0.1) is 6.54 Å². The van der Waals surface area contributed by atoms with Crippen molar-refractivity contribution in [1.29, 1.82) is 0 Å². The fraction of sp³-hybridized carbons (Fsp3) is 0.318. The van der Waals surface area contributed by atoms with Crippen LogP contribution in [-0.2, 0) is 4.79 Å². The number of nitroso groups, excluding NO2 is 1. The van der Waals surface area contributed by atoms with Gasteiger partial charge in [-0.2, -0.15) is 4.91 Å². The van der Waals surface area contributed by atoms with Crippen LogP contribution in [0.2, 0.25) is 0 Å². The molecule has 0 unspecified atom stereocenters. The fourth-order valence-corrected chi connectivity index (χ4v) is 2.44. The topological polar surface area (TPSA) is 105 Å². The van der Waals surface area contributed by atoms with E-state index in [1.165, 1.54) is 0 Å². The molecule has 0 bridgehead atoms. The second kappa shape index (κ2) is 17.9. The highest BCUT2D eigenvalue weighted by molar-refractivity contribution is 9.10. The molecule has 1 aromatic heterocycles. The molecule has 168 valence electrons. The summed E-state index contributed by atoms with van der Waals surface area (Å²) >= 11 is 3.42. The molecule has 0 aliphatic rings. The molecule has 2 rings (SSSR count). The summed E-state index contributed by atoms with van der Waals surface area (Å²) in [5.41, 5.74) is 1.12.